The van der Waals surface area contributed by atoms with Crippen LogP contribution in [0.1, 0.15) is 78.1 Å². The van der Waals surface area contributed by atoms with Crippen molar-refractivity contribution in [1.29, 1.82) is 0 Å². The number of hydrogen-bond donors (Lipinski definition) is 1. The van der Waals surface area contributed by atoms with Gasteiger partial charge < -0.3 is 5.32 Å². The second-order valence-corrected chi connectivity index (χ2v) is 7.74. The molecule has 3 fully saturated rings. The van der Waals surface area contributed by atoms with Gasteiger partial charge in [-0.1, -0.05) is 39.0 Å². The van der Waals surface area contributed by atoms with E-state index < -0.39 is 0 Å². The average molecular weight is 278 g/mol. The van der Waals surface area contributed by atoms with Gasteiger partial charge in [0.05, 0.1) is 0 Å². The highest BCUT2D eigenvalue weighted by atomic mass is 15.3. The summed E-state index contributed by atoms with van der Waals surface area (Å²) in [6.45, 7) is 7.46. The van der Waals surface area contributed by atoms with Crippen molar-refractivity contribution in [2.24, 2.45) is 5.92 Å². The Morgan fingerprint density at radius 1 is 1.10 bits per heavy atom. The molecule has 2 heteroatoms. The summed E-state index contributed by atoms with van der Waals surface area (Å²) in [5.74, 6) is 0.975. The van der Waals surface area contributed by atoms with E-state index in [1.807, 2.05) is 0 Å². The highest BCUT2D eigenvalue weighted by Gasteiger charge is 2.42. The lowest BCUT2D eigenvalue weighted by molar-refractivity contribution is 0.00997. The molecule has 1 N–H and O–H groups in total. The second-order valence-electron chi connectivity index (χ2n) is 7.74. The lowest BCUT2D eigenvalue weighted by atomic mass is 9.78. The molecule has 2 aliphatic carbocycles. The maximum absolute atomic E-state index is 3.97. The van der Waals surface area contributed by atoms with Gasteiger partial charge in [0.25, 0.3) is 0 Å². The predicted molar refractivity (Wildman–Crippen MR) is 86.0 cm³/mol. The first kappa shape index (κ1) is 14.8. The molecule has 0 aromatic rings. The number of piperazine rings is 1. The molecule has 3 aliphatic rings. The van der Waals surface area contributed by atoms with E-state index in [4.69, 9.17) is 0 Å². The van der Waals surface area contributed by atoms with E-state index >= 15 is 0 Å². The van der Waals surface area contributed by atoms with Crippen LogP contribution in [0.15, 0.2) is 0 Å². The first-order valence-electron chi connectivity index (χ1n) is 9.25. The molecule has 2 atom stereocenters. The molecule has 0 bridgehead atoms. The Labute approximate surface area is 125 Å². The predicted octanol–water partition coefficient (Wildman–Crippen LogP) is 3.95. The van der Waals surface area contributed by atoms with E-state index in [-0.39, 0.29) is 0 Å². The van der Waals surface area contributed by atoms with Crippen LogP contribution >= 0.6 is 0 Å². The number of hydrogen-bond acceptors (Lipinski definition) is 2. The van der Waals surface area contributed by atoms with E-state index in [0.29, 0.717) is 5.54 Å². The molecule has 20 heavy (non-hydrogen) atoms. The summed E-state index contributed by atoms with van der Waals surface area (Å²) in [4.78, 5) is 2.91. The van der Waals surface area contributed by atoms with Crippen LogP contribution in [0.4, 0.5) is 0 Å². The zero-order chi connectivity index (χ0) is 14.0. The van der Waals surface area contributed by atoms with Crippen molar-refractivity contribution in [3.8, 4) is 0 Å². The fraction of sp³-hybridized carbons (Fsp3) is 1.00. The quantitative estimate of drug-likeness (QED) is 0.841. The molecular formula is C18H34N2. The van der Waals surface area contributed by atoms with E-state index in [2.05, 4.69) is 24.1 Å². The van der Waals surface area contributed by atoms with Crippen molar-refractivity contribution >= 4 is 0 Å². The summed E-state index contributed by atoms with van der Waals surface area (Å²) in [6.07, 6.45) is 14.4. The Bertz CT molecular complexity index is 303. The standard InChI is InChI=1S/C18H34N2/c1-3-17-13-19-18(11-7-4-8-12-18)14-20(17)15(2)16-9-5-6-10-16/h15-17,19H,3-14H2,1-2H3. The smallest absolute Gasteiger partial charge is 0.0309 e. The lowest BCUT2D eigenvalue weighted by Crippen LogP contribution is -2.66. The molecule has 0 radical (unpaired) electrons. The zero-order valence-electron chi connectivity index (χ0n) is 13.7. The van der Waals surface area contributed by atoms with Gasteiger partial charge in [-0.2, -0.15) is 0 Å². The Kier molecular flexibility index (Phi) is 4.72. The summed E-state index contributed by atoms with van der Waals surface area (Å²) >= 11 is 0. The van der Waals surface area contributed by atoms with Crippen molar-refractivity contribution in [3.63, 3.8) is 0 Å². The average Bonchev–Trinajstić information content (AvgIpc) is 3.01. The molecule has 1 aliphatic heterocycles. The third-order valence-corrected chi connectivity index (χ3v) is 6.55. The van der Waals surface area contributed by atoms with Crippen LogP contribution in [0, 0.1) is 5.92 Å². The van der Waals surface area contributed by atoms with Crippen molar-refractivity contribution in [1.82, 2.24) is 10.2 Å². The van der Waals surface area contributed by atoms with Crippen LogP contribution < -0.4 is 5.32 Å². The molecule has 2 unspecified atom stereocenters. The Morgan fingerprint density at radius 2 is 1.80 bits per heavy atom. The summed E-state index contributed by atoms with van der Waals surface area (Å²) in [5.41, 5.74) is 0.469. The van der Waals surface area contributed by atoms with Crippen LogP contribution in [0.25, 0.3) is 0 Å². The van der Waals surface area contributed by atoms with Crippen LogP contribution in [-0.4, -0.2) is 35.6 Å². The molecule has 1 heterocycles. The minimum absolute atomic E-state index is 0.469. The number of nitrogens with zero attached hydrogens (tertiary/aromatic N) is 1. The van der Waals surface area contributed by atoms with Gasteiger partial charge in [0.1, 0.15) is 0 Å². The normalized spacial score (nSPS) is 33.6. The van der Waals surface area contributed by atoms with Crippen molar-refractivity contribution in [3.05, 3.63) is 0 Å². The molecule has 3 rings (SSSR count). The van der Waals surface area contributed by atoms with Gasteiger partial charge in [0.15, 0.2) is 0 Å². The summed E-state index contributed by atoms with van der Waals surface area (Å²) in [7, 11) is 0. The van der Waals surface area contributed by atoms with Crippen LogP contribution in [0.2, 0.25) is 0 Å². The van der Waals surface area contributed by atoms with Gasteiger partial charge in [0, 0.05) is 30.7 Å². The Morgan fingerprint density at radius 3 is 2.45 bits per heavy atom. The first-order chi connectivity index (χ1) is 9.74. The third-order valence-electron chi connectivity index (χ3n) is 6.55. The monoisotopic (exact) mass is 278 g/mol. The second kappa shape index (κ2) is 6.36. The molecule has 116 valence electrons. The van der Waals surface area contributed by atoms with Gasteiger partial charge >= 0.3 is 0 Å². The molecule has 2 saturated carbocycles. The lowest BCUT2D eigenvalue weighted by Gasteiger charge is -2.52. The summed E-state index contributed by atoms with van der Waals surface area (Å²) in [6, 6.07) is 1.58. The third kappa shape index (κ3) is 2.92. The topological polar surface area (TPSA) is 15.3 Å². The molecule has 1 spiro atoms. The molecular weight excluding hydrogens is 244 g/mol. The first-order valence-corrected chi connectivity index (χ1v) is 9.25. The Balaban J connectivity index is 1.70. The van der Waals surface area contributed by atoms with Crippen LogP contribution in [-0.2, 0) is 0 Å². The largest absolute Gasteiger partial charge is 0.308 e. The molecule has 0 aromatic carbocycles. The van der Waals surface area contributed by atoms with Gasteiger partial charge in [0.2, 0.25) is 0 Å². The zero-order valence-corrected chi connectivity index (χ0v) is 13.7. The fourth-order valence-electron chi connectivity index (χ4n) is 5.12. The minimum atomic E-state index is 0.469. The molecule has 1 saturated heterocycles. The SMILES string of the molecule is CCC1CNC2(CCCCC2)CN1C(C)C1CCCC1. The minimum Gasteiger partial charge on any atom is -0.308 e. The van der Waals surface area contributed by atoms with Crippen LogP contribution in [0.5, 0.6) is 0 Å². The van der Waals surface area contributed by atoms with E-state index in [1.54, 1.807) is 0 Å². The van der Waals surface area contributed by atoms with Gasteiger partial charge in [-0.3, -0.25) is 4.90 Å². The van der Waals surface area contributed by atoms with Crippen molar-refractivity contribution in [2.75, 3.05) is 13.1 Å². The fourth-order valence-corrected chi connectivity index (χ4v) is 5.12. The van der Waals surface area contributed by atoms with E-state index in [9.17, 15) is 0 Å². The van der Waals surface area contributed by atoms with E-state index in [1.165, 1.54) is 77.3 Å². The number of nitrogens with one attached hydrogen (secondary N) is 1. The van der Waals surface area contributed by atoms with Gasteiger partial charge in [-0.15, -0.1) is 0 Å². The van der Waals surface area contributed by atoms with Crippen molar-refractivity contribution < 1.29 is 0 Å². The van der Waals surface area contributed by atoms with Gasteiger partial charge in [-0.25, -0.2) is 0 Å². The molecule has 0 aromatic heterocycles. The maximum Gasteiger partial charge on any atom is 0.0309 e. The molecule has 2 nitrogen and oxygen atoms in total. The maximum atomic E-state index is 3.97. The van der Waals surface area contributed by atoms with Crippen molar-refractivity contribution in [2.45, 2.75) is 95.7 Å². The Hall–Kier alpha value is -0.0800. The molecule has 0 amide bonds. The summed E-state index contributed by atoms with van der Waals surface area (Å²) < 4.78 is 0. The highest BCUT2D eigenvalue weighted by molar-refractivity contribution is 5.01. The highest BCUT2D eigenvalue weighted by Crippen LogP contribution is 2.37. The van der Waals surface area contributed by atoms with Crippen LogP contribution in [0.3, 0.4) is 0 Å². The van der Waals surface area contributed by atoms with Gasteiger partial charge in [-0.05, 0) is 44.9 Å². The number of rotatable bonds is 3. The summed E-state index contributed by atoms with van der Waals surface area (Å²) in [5, 5.41) is 3.97. The van der Waals surface area contributed by atoms with E-state index in [0.717, 1.165) is 18.0 Å².